The molecule has 0 aromatic heterocycles. The minimum absolute atomic E-state index is 0.0262. The van der Waals surface area contributed by atoms with Gasteiger partial charge in [-0.15, -0.1) is 0 Å². The van der Waals surface area contributed by atoms with E-state index in [1.165, 1.54) is 24.3 Å². The molecule has 0 aliphatic heterocycles. The molecule has 5 nitrogen and oxygen atoms in total. The Kier molecular flexibility index (Phi) is 8.16. The predicted molar refractivity (Wildman–Crippen MR) is 133 cm³/mol. The smallest absolute Gasteiger partial charge is 0.278 e. The Morgan fingerprint density at radius 1 is 0.939 bits per heavy atom. The molecule has 0 fully saturated rings. The van der Waals surface area contributed by atoms with Crippen LogP contribution in [-0.4, -0.2) is 20.9 Å². The quantitative estimate of drug-likeness (QED) is 0.367. The molecule has 0 atom stereocenters. The first kappa shape index (κ1) is 24.8. The molecule has 174 valence electrons. The molecule has 0 spiro atoms. The summed E-state index contributed by atoms with van der Waals surface area (Å²) in [5.41, 5.74) is 3.33. The van der Waals surface area contributed by atoms with Gasteiger partial charge in [-0.25, -0.2) is 8.42 Å². The molecule has 0 heterocycles. The maximum absolute atomic E-state index is 13.5. The van der Waals surface area contributed by atoms with Crippen LogP contribution in [0.5, 0.6) is 5.75 Å². The zero-order valence-corrected chi connectivity index (χ0v) is 20.6. The summed E-state index contributed by atoms with van der Waals surface area (Å²) in [5, 5.41) is 0.408. The van der Waals surface area contributed by atoms with Crippen molar-refractivity contribution in [2.24, 2.45) is 0 Å². The Hall–Kier alpha value is -2.83. The van der Waals surface area contributed by atoms with Crippen LogP contribution >= 0.6 is 11.6 Å². The number of rotatable bonds is 9. The fourth-order valence-electron chi connectivity index (χ4n) is 3.53. The molecule has 0 saturated heterocycles. The Morgan fingerprint density at radius 2 is 1.55 bits per heavy atom. The number of aryl methyl sites for hydroxylation is 3. The van der Waals surface area contributed by atoms with Crippen LogP contribution < -0.4 is 9.04 Å². The van der Waals surface area contributed by atoms with E-state index in [1.54, 1.807) is 24.3 Å². The maximum atomic E-state index is 13.5. The highest BCUT2D eigenvalue weighted by Gasteiger charge is 2.31. The second-order valence-electron chi connectivity index (χ2n) is 8.00. The maximum Gasteiger partial charge on any atom is 0.278 e. The van der Waals surface area contributed by atoms with Gasteiger partial charge in [0, 0.05) is 5.02 Å². The minimum Gasteiger partial charge on any atom is -0.484 e. The van der Waals surface area contributed by atoms with Gasteiger partial charge >= 0.3 is 0 Å². The van der Waals surface area contributed by atoms with Crippen molar-refractivity contribution >= 4 is 33.2 Å². The van der Waals surface area contributed by atoms with Crippen molar-refractivity contribution in [3.05, 3.63) is 88.4 Å². The van der Waals surface area contributed by atoms with Crippen molar-refractivity contribution < 1.29 is 17.9 Å². The molecule has 0 saturated carbocycles. The Balaban J connectivity index is 1.93. The van der Waals surface area contributed by atoms with Crippen molar-refractivity contribution in [2.75, 3.05) is 10.9 Å². The molecule has 0 aliphatic rings. The molecule has 3 rings (SSSR count). The van der Waals surface area contributed by atoms with E-state index >= 15 is 0 Å². The summed E-state index contributed by atoms with van der Waals surface area (Å²) in [7, 11) is -4.18. The molecular weight excluding hydrogens is 458 g/mol. The number of hydrogen-bond acceptors (Lipinski definition) is 4. The summed E-state index contributed by atoms with van der Waals surface area (Å²) in [6.45, 7) is 5.55. The first-order chi connectivity index (χ1) is 15.7. The molecule has 0 aliphatic carbocycles. The molecular formula is C26H28ClNO4S. The monoisotopic (exact) mass is 485 g/mol. The van der Waals surface area contributed by atoms with E-state index in [0.29, 0.717) is 10.8 Å². The predicted octanol–water partition coefficient (Wildman–Crippen LogP) is 6.10. The van der Waals surface area contributed by atoms with E-state index in [4.69, 9.17) is 16.3 Å². The van der Waals surface area contributed by atoms with Crippen LogP contribution in [0.3, 0.4) is 0 Å². The number of sulfonamides is 1. The molecule has 3 aromatic carbocycles. The molecule has 0 radical (unpaired) electrons. The van der Waals surface area contributed by atoms with Crippen molar-refractivity contribution in [3.63, 3.8) is 0 Å². The third kappa shape index (κ3) is 6.36. The molecule has 7 heteroatoms. The Labute approximate surface area is 201 Å². The van der Waals surface area contributed by atoms with E-state index in [1.807, 2.05) is 32.0 Å². The zero-order valence-electron chi connectivity index (χ0n) is 19.0. The average molecular weight is 486 g/mol. The largest absolute Gasteiger partial charge is 0.484 e. The number of anilines is 1. The lowest BCUT2D eigenvalue weighted by molar-refractivity contribution is -0.119. The number of nitrogens with zero attached hydrogens (tertiary/aromatic N) is 1. The summed E-state index contributed by atoms with van der Waals surface area (Å²) in [4.78, 5) is 13.2. The lowest BCUT2D eigenvalue weighted by atomic mass is 10.1. The van der Waals surface area contributed by atoms with E-state index in [2.05, 4.69) is 6.92 Å². The van der Waals surface area contributed by atoms with Gasteiger partial charge in [0.25, 0.3) is 15.9 Å². The minimum atomic E-state index is -4.18. The van der Waals surface area contributed by atoms with Crippen LogP contribution in [-0.2, 0) is 21.2 Å². The van der Waals surface area contributed by atoms with Crippen LogP contribution in [0.4, 0.5) is 5.69 Å². The van der Waals surface area contributed by atoms with Crippen LogP contribution in [0, 0.1) is 13.8 Å². The topological polar surface area (TPSA) is 63.7 Å². The van der Waals surface area contributed by atoms with E-state index in [9.17, 15) is 13.2 Å². The van der Waals surface area contributed by atoms with Crippen LogP contribution in [0.15, 0.2) is 71.6 Å². The Morgan fingerprint density at radius 3 is 2.12 bits per heavy atom. The van der Waals surface area contributed by atoms with Gasteiger partial charge in [-0.05, 0) is 91.9 Å². The molecule has 0 bridgehead atoms. The first-order valence-electron chi connectivity index (χ1n) is 10.8. The lowest BCUT2D eigenvalue weighted by Crippen LogP contribution is -2.40. The lowest BCUT2D eigenvalue weighted by Gasteiger charge is -2.23. The van der Waals surface area contributed by atoms with Crippen molar-refractivity contribution in [2.45, 2.75) is 44.9 Å². The van der Waals surface area contributed by atoms with Crippen LogP contribution in [0.1, 0.15) is 36.5 Å². The number of carbonyl (C=O) groups excluding carboxylic acids is 1. The fourth-order valence-corrected chi connectivity index (χ4v) is 5.06. The van der Waals surface area contributed by atoms with Crippen LogP contribution in [0.2, 0.25) is 5.02 Å². The van der Waals surface area contributed by atoms with Gasteiger partial charge in [0.1, 0.15) is 5.75 Å². The standard InChI is InChI=1S/C26H28ClNO4S/c1-4-5-6-21-7-11-23(12-8-21)28(33(30,31)25-13-9-22(27)10-14-25)26(29)18-32-24-16-19(2)15-20(3)17-24/h7-17H,4-6,18H2,1-3H3. The van der Waals surface area contributed by atoms with Gasteiger partial charge in [0.05, 0.1) is 10.6 Å². The van der Waals surface area contributed by atoms with E-state index in [-0.39, 0.29) is 10.6 Å². The molecule has 33 heavy (non-hydrogen) atoms. The van der Waals surface area contributed by atoms with Gasteiger partial charge in [0.2, 0.25) is 0 Å². The summed E-state index contributed by atoms with van der Waals surface area (Å²) in [6, 6.07) is 18.4. The third-order valence-corrected chi connectivity index (χ3v) is 7.14. The van der Waals surface area contributed by atoms with Crippen LogP contribution in [0.25, 0.3) is 0 Å². The molecule has 3 aromatic rings. The zero-order chi connectivity index (χ0) is 24.0. The highest BCUT2D eigenvalue weighted by atomic mass is 35.5. The molecule has 1 amide bonds. The summed E-state index contributed by atoms with van der Waals surface area (Å²) >= 11 is 5.93. The highest BCUT2D eigenvalue weighted by Crippen LogP contribution is 2.26. The second kappa shape index (κ2) is 10.9. The second-order valence-corrected chi connectivity index (χ2v) is 10.2. The number of unbranched alkanes of at least 4 members (excludes halogenated alkanes) is 1. The number of benzene rings is 3. The summed E-state index contributed by atoms with van der Waals surface area (Å²) in [5.74, 6) is -0.176. The Bertz CT molecular complexity index is 1190. The SMILES string of the molecule is CCCCc1ccc(N(C(=O)COc2cc(C)cc(C)c2)S(=O)(=O)c2ccc(Cl)cc2)cc1. The summed E-state index contributed by atoms with van der Waals surface area (Å²) < 4.78 is 33.4. The number of hydrogen-bond donors (Lipinski definition) is 0. The van der Waals surface area contributed by atoms with E-state index in [0.717, 1.165) is 40.3 Å². The highest BCUT2D eigenvalue weighted by molar-refractivity contribution is 7.93. The normalized spacial score (nSPS) is 11.3. The number of carbonyl (C=O) groups is 1. The average Bonchev–Trinajstić information content (AvgIpc) is 2.77. The number of ether oxygens (including phenoxy) is 1. The molecule has 0 N–H and O–H groups in total. The fraction of sp³-hybridized carbons (Fsp3) is 0.269. The molecule has 0 unspecified atom stereocenters. The number of halogens is 1. The van der Waals surface area contributed by atoms with Gasteiger partial charge in [-0.1, -0.05) is 43.1 Å². The third-order valence-electron chi connectivity index (χ3n) is 5.13. The van der Waals surface area contributed by atoms with Gasteiger partial charge in [0.15, 0.2) is 6.61 Å². The van der Waals surface area contributed by atoms with Gasteiger partial charge in [-0.3, -0.25) is 4.79 Å². The first-order valence-corrected chi connectivity index (χ1v) is 12.7. The summed E-state index contributed by atoms with van der Waals surface area (Å²) in [6.07, 6.45) is 2.99. The van der Waals surface area contributed by atoms with Crippen molar-refractivity contribution in [1.29, 1.82) is 0 Å². The van der Waals surface area contributed by atoms with Gasteiger partial charge in [-0.2, -0.15) is 4.31 Å². The van der Waals surface area contributed by atoms with Gasteiger partial charge < -0.3 is 4.74 Å². The van der Waals surface area contributed by atoms with Crippen molar-refractivity contribution in [3.8, 4) is 5.75 Å². The van der Waals surface area contributed by atoms with Crippen molar-refractivity contribution in [1.82, 2.24) is 0 Å². The van der Waals surface area contributed by atoms with E-state index < -0.39 is 22.5 Å². The number of amides is 1.